The van der Waals surface area contributed by atoms with Gasteiger partial charge in [-0.2, -0.15) is 0 Å². The lowest BCUT2D eigenvalue weighted by atomic mass is 9.94. The van der Waals surface area contributed by atoms with Gasteiger partial charge in [0.1, 0.15) is 11.6 Å². The van der Waals surface area contributed by atoms with Gasteiger partial charge in [0, 0.05) is 48.1 Å². The fraction of sp³-hybridized carbons (Fsp3) is 0.355. The van der Waals surface area contributed by atoms with Crippen molar-refractivity contribution in [2.45, 2.75) is 51.6 Å². The molecule has 6 rings (SSSR count). The summed E-state index contributed by atoms with van der Waals surface area (Å²) in [6.45, 7) is 3.89. The van der Waals surface area contributed by atoms with E-state index in [1.54, 1.807) is 12.4 Å². The number of aromatic nitrogens is 2. The molecule has 3 heterocycles. The van der Waals surface area contributed by atoms with Crippen molar-refractivity contribution in [1.29, 1.82) is 0 Å². The third kappa shape index (κ3) is 4.82. The van der Waals surface area contributed by atoms with Crippen molar-refractivity contribution in [3.05, 3.63) is 72.4 Å². The van der Waals surface area contributed by atoms with Gasteiger partial charge in [-0.1, -0.05) is 13.0 Å². The van der Waals surface area contributed by atoms with Crippen LogP contribution >= 0.6 is 0 Å². The summed E-state index contributed by atoms with van der Waals surface area (Å²) in [6, 6.07) is 9.34. The SMILES string of the molecule is CC1CCN(c2c(-c3cc(F)cc(F)c3)cnc3ccc(-c4cncc(F)c4OC4CCCC4)cc23)CC1. The number of piperidine rings is 1. The van der Waals surface area contributed by atoms with E-state index in [-0.39, 0.29) is 11.9 Å². The van der Waals surface area contributed by atoms with Gasteiger partial charge in [0.05, 0.1) is 23.5 Å². The number of hydrogen-bond donors (Lipinski definition) is 0. The van der Waals surface area contributed by atoms with Crippen molar-refractivity contribution in [1.82, 2.24) is 9.97 Å². The highest BCUT2D eigenvalue weighted by molar-refractivity contribution is 6.02. The number of nitrogens with zero attached hydrogens (tertiary/aromatic N) is 3. The average Bonchev–Trinajstić information content (AvgIpc) is 3.42. The van der Waals surface area contributed by atoms with Gasteiger partial charge >= 0.3 is 0 Å². The Balaban J connectivity index is 1.53. The van der Waals surface area contributed by atoms with Crippen molar-refractivity contribution in [2.24, 2.45) is 5.92 Å². The molecule has 1 saturated carbocycles. The third-order valence-electron chi connectivity index (χ3n) is 7.86. The monoisotopic (exact) mass is 517 g/mol. The molecule has 0 radical (unpaired) electrons. The first kappa shape index (κ1) is 24.7. The Morgan fingerprint density at radius 3 is 2.29 bits per heavy atom. The minimum Gasteiger partial charge on any atom is -0.487 e. The number of halogens is 3. The number of anilines is 1. The van der Waals surface area contributed by atoms with E-state index in [0.717, 1.165) is 79.8 Å². The zero-order valence-corrected chi connectivity index (χ0v) is 21.4. The minimum atomic E-state index is -0.633. The highest BCUT2D eigenvalue weighted by Crippen LogP contribution is 2.42. The predicted octanol–water partition coefficient (Wildman–Crippen LogP) is 7.94. The van der Waals surface area contributed by atoms with Crippen molar-refractivity contribution in [3.8, 4) is 28.0 Å². The van der Waals surface area contributed by atoms with Crippen LogP contribution in [0.3, 0.4) is 0 Å². The minimum absolute atomic E-state index is 0.00634. The topological polar surface area (TPSA) is 38.2 Å². The Kier molecular flexibility index (Phi) is 6.68. The van der Waals surface area contributed by atoms with Crippen LogP contribution in [-0.4, -0.2) is 29.2 Å². The summed E-state index contributed by atoms with van der Waals surface area (Å²) in [5, 5.41) is 0.843. The lowest BCUT2D eigenvalue weighted by molar-refractivity contribution is 0.201. The highest BCUT2D eigenvalue weighted by atomic mass is 19.1. The zero-order chi connectivity index (χ0) is 26.2. The Morgan fingerprint density at radius 1 is 0.816 bits per heavy atom. The Hall–Kier alpha value is -3.61. The first-order valence-electron chi connectivity index (χ1n) is 13.4. The van der Waals surface area contributed by atoms with Gasteiger partial charge in [0.15, 0.2) is 11.6 Å². The Bertz CT molecular complexity index is 1460. The highest BCUT2D eigenvalue weighted by Gasteiger charge is 2.25. The Morgan fingerprint density at radius 2 is 1.55 bits per heavy atom. The maximum atomic E-state index is 15.0. The third-order valence-corrected chi connectivity index (χ3v) is 7.86. The zero-order valence-electron chi connectivity index (χ0n) is 21.4. The van der Waals surface area contributed by atoms with E-state index >= 15 is 0 Å². The van der Waals surface area contributed by atoms with Crippen LogP contribution in [0.1, 0.15) is 45.4 Å². The molecule has 2 aromatic carbocycles. The standard InChI is InChI=1S/C31H30F3N3O/c1-19-8-10-37(11-9-19)30-25-14-20(27-16-35-18-28(34)31(27)38-24-4-2-3-5-24)6-7-29(25)36-17-26(30)21-12-22(32)15-23(33)13-21/h6-7,12-19,24H,2-5,8-11H2,1H3. The first-order valence-corrected chi connectivity index (χ1v) is 13.4. The lowest BCUT2D eigenvalue weighted by Gasteiger charge is -2.34. The Labute approximate surface area is 220 Å². The van der Waals surface area contributed by atoms with Gasteiger partial charge in [0.2, 0.25) is 0 Å². The van der Waals surface area contributed by atoms with Crippen LogP contribution in [0.5, 0.6) is 5.75 Å². The molecular weight excluding hydrogens is 487 g/mol. The second-order valence-electron chi connectivity index (χ2n) is 10.6. The molecule has 1 aliphatic carbocycles. The maximum Gasteiger partial charge on any atom is 0.183 e. The molecule has 0 atom stereocenters. The fourth-order valence-corrected chi connectivity index (χ4v) is 5.76. The average molecular weight is 518 g/mol. The molecular formula is C31H30F3N3O. The molecule has 196 valence electrons. The summed E-state index contributed by atoms with van der Waals surface area (Å²) in [4.78, 5) is 11.1. The van der Waals surface area contributed by atoms with E-state index in [0.29, 0.717) is 22.6 Å². The summed E-state index contributed by atoms with van der Waals surface area (Å²) in [5.41, 5.74) is 4.09. The van der Waals surface area contributed by atoms with Crippen molar-refractivity contribution >= 4 is 16.6 Å². The molecule has 1 aliphatic heterocycles. The molecule has 0 spiro atoms. The quantitative estimate of drug-likeness (QED) is 0.269. The number of hydrogen-bond acceptors (Lipinski definition) is 4. The summed E-state index contributed by atoms with van der Waals surface area (Å²) in [6.07, 6.45) is 10.5. The molecule has 2 aromatic heterocycles. The molecule has 4 nitrogen and oxygen atoms in total. The number of ether oxygens (including phenoxy) is 1. The van der Waals surface area contributed by atoms with E-state index in [4.69, 9.17) is 4.74 Å². The molecule has 0 bridgehead atoms. The van der Waals surface area contributed by atoms with Crippen LogP contribution in [0.2, 0.25) is 0 Å². The van der Waals surface area contributed by atoms with E-state index in [9.17, 15) is 13.2 Å². The summed E-state index contributed by atoms with van der Waals surface area (Å²) in [7, 11) is 0. The number of fused-ring (bicyclic) bond motifs is 1. The van der Waals surface area contributed by atoms with Crippen LogP contribution in [0.15, 0.2) is 55.0 Å². The van der Waals surface area contributed by atoms with E-state index in [1.807, 2.05) is 18.2 Å². The molecule has 7 heteroatoms. The second kappa shape index (κ2) is 10.3. The fourth-order valence-electron chi connectivity index (χ4n) is 5.76. The summed E-state index contributed by atoms with van der Waals surface area (Å²) >= 11 is 0. The van der Waals surface area contributed by atoms with Crippen LogP contribution < -0.4 is 9.64 Å². The van der Waals surface area contributed by atoms with Crippen LogP contribution in [-0.2, 0) is 0 Å². The molecule has 2 aliphatic rings. The van der Waals surface area contributed by atoms with Crippen molar-refractivity contribution in [2.75, 3.05) is 18.0 Å². The second-order valence-corrected chi connectivity index (χ2v) is 10.6. The van der Waals surface area contributed by atoms with Crippen molar-refractivity contribution in [3.63, 3.8) is 0 Å². The molecule has 0 amide bonds. The largest absolute Gasteiger partial charge is 0.487 e. The molecule has 0 N–H and O–H groups in total. The smallest absolute Gasteiger partial charge is 0.183 e. The van der Waals surface area contributed by atoms with E-state index in [1.165, 1.54) is 18.3 Å². The molecule has 38 heavy (non-hydrogen) atoms. The van der Waals surface area contributed by atoms with Gasteiger partial charge in [-0.25, -0.2) is 13.2 Å². The number of benzene rings is 2. The van der Waals surface area contributed by atoms with E-state index in [2.05, 4.69) is 21.8 Å². The lowest BCUT2D eigenvalue weighted by Crippen LogP contribution is -2.33. The normalized spacial score (nSPS) is 16.9. The number of rotatable bonds is 5. The molecule has 0 unspecified atom stereocenters. The van der Waals surface area contributed by atoms with Crippen LogP contribution in [0.4, 0.5) is 18.9 Å². The maximum absolute atomic E-state index is 15.0. The van der Waals surface area contributed by atoms with Gasteiger partial charge in [-0.05, 0) is 79.8 Å². The first-order chi connectivity index (χ1) is 18.5. The van der Waals surface area contributed by atoms with Crippen molar-refractivity contribution < 1.29 is 17.9 Å². The van der Waals surface area contributed by atoms with Gasteiger partial charge < -0.3 is 9.64 Å². The van der Waals surface area contributed by atoms with Crippen LogP contribution in [0, 0.1) is 23.4 Å². The van der Waals surface area contributed by atoms with Gasteiger partial charge in [-0.3, -0.25) is 9.97 Å². The summed E-state index contributed by atoms with van der Waals surface area (Å²) < 4.78 is 49.7. The van der Waals surface area contributed by atoms with Gasteiger partial charge in [-0.15, -0.1) is 0 Å². The molecule has 4 aromatic rings. The van der Waals surface area contributed by atoms with Gasteiger partial charge in [0.25, 0.3) is 0 Å². The van der Waals surface area contributed by atoms with E-state index < -0.39 is 17.5 Å². The number of pyridine rings is 2. The molecule has 1 saturated heterocycles. The molecule has 2 fully saturated rings. The van der Waals surface area contributed by atoms with Crippen LogP contribution in [0.25, 0.3) is 33.2 Å². The predicted molar refractivity (Wildman–Crippen MR) is 144 cm³/mol. The summed E-state index contributed by atoms with van der Waals surface area (Å²) in [5.74, 6) is -0.922.